The highest BCUT2D eigenvalue weighted by atomic mass is 19.1. The van der Waals surface area contributed by atoms with Gasteiger partial charge in [0, 0.05) is 18.5 Å². The zero-order valence-electron chi connectivity index (χ0n) is 13.9. The lowest BCUT2D eigenvalue weighted by Gasteiger charge is -2.22. The first-order chi connectivity index (χ1) is 11.0. The third kappa shape index (κ3) is 5.50. The predicted molar refractivity (Wildman–Crippen MR) is 88.8 cm³/mol. The molecule has 4 atom stereocenters. The Morgan fingerprint density at radius 3 is 2.65 bits per heavy atom. The zero-order valence-corrected chi connectivity index (χ0v) is 13.9. The van der Waals surface area contributed by atoms with Gasteiger partial charge in [-0.1, -0.05) is 25.5 Å². The van der Waals surface area contributed by atoms with Crippen molar-refractivity contribution in [1.82, 2.24) is 10.6 Å². The summed E-state index contributed by atoms with van der Waals surface area (Å²) in [6.07, 6.45) is 3.33. The van der Waals surface area contributed by atoms with Crippen LogP contribution in [0.1, 0.15) is 51.0 Å². The van der Waals surface area contributed by atoms with Gasteiger partial charge >= 0.3 is 6.03 Å². The van der Waals surface area contributed by atoms with Crippen LogP contribution in [0.3, 0.4) is 0 Å². The summed E-state index contributed by atoms with van der Waals surface area (Å²) in [5.74, 6) is 0.245. The molecule has 1 fully saturated rings. The van der Waals surface area contributed by atoms with Crippen LogP contribution in [0.4, 0.5) is 9.18 Å². The van der Waals surface area contributed by atoms with E-state index >= 15 is 0 Å². The fraction of sp³-hybridized carbons (Fsp3) is 0.611. The predicted octanol–water partition coefficient (Wildman–Crippen LogP) is 3.17. The van der Waals surface area contributed by atoms with Gasteiger partial charge in [0.1, 0.15) is 5.82 Å². The SMILES string of the molecule is CC(O)CC(C)CNC(=O)NC1CCCC1c1ccc(F)cc1. The maximum Gasteiger partial charge on any atom is 0.315 e. The molecule has 1 aromatic rings. The lowest BCUT2D eigenvalue weighted by molar-refractivity contribution is 0.163. The van der Waals surface area contributed by atoms with Crippen molar-refractivity contribution < 1.29 is 14.3 Å². The van der Waals surface area contributed by atoms with Crippen LogP contribution in [0.5, 0.6) is 0 Å². The molecule has 5 heteroatoms. The smallest absolute Gasteiger partial charge is 0.315 e. The Hall–Kier alpha value is -1.62. The molecule has 1 aliphatic rings. The fourth-order valence-electron chi connectivity index (χ4n) is 3.39. The molecule has 23 heavy (non-hydrogen) atoms. The highest BCUT2D eigenvalue weighted by Gasteiger charge is 2.29. The second kappa shape index (κ2) is 8.29. The molecule has 0 radical (unpaired) electrons. The third-order valence-corrected chi connectivity index (χ3v) is 4.49. The van der Waals surface area contributed by atoms with Gasteiger partial charge in [-0.25, -0.2) is 9.18 Å². The Morgan fingerprint density at radius 1 is 1.30 bits per heavy atom. The van der Waals surface area contributed by atoms with E-state index in [2.05, 4.69) is 10.6 Å². The van der Waals surface area contributed by atoms with E-state index in [1.165, 1.54) is 12.1 Å². The van der Waals surface area contributed by atoms with Gasteiger partial charge in [-0.15, -0.1) is 0 Å². The lowest BCUT2D eigenvalue weighted by Crippen LogP contribution is -2.44. The van der Waals surface area contributed by atoms with E-state index in [4.69, 9.17) is 0 Å². The quantitative estimate of drug-likeness (QED) is 0.753. The van der Waals surface area contributed by atoms with Crippen molar-refractivity contribution in [3.8, 4) is 0 Å². The molecular formula is C18H27FN2O2. The molecule has 4 nitrogen and oxygen atoms in total. The van der Waals surface area contributed by atoms with Gasteiger partial charge in [-0.05, 0) is 49.8 Å². The summed E-state index contributed by atoms with van der Waals surface area (Å²) in [4.78, 5) is 12.1. The molecule has 2 amide bonds. The van der Waals surface area contributed by atoms with Gasteiger partial charge in [0.2, 0.25) is 0 Å². The maximum absolute atomic E-state index is 13.0. The number of rotatable bonds is 6. The van der Waals surface area contributed by atoms with Crippen LogP contribution in [0.2, 0.25) is 0 Å². The molecule has 1 aliphatic carbocycles. The number of carbonyl (C=O) groups is 1. The number of urea groups is 1. The fourth-order valence-corrected chi connectivity index (χ4v) is 3.39. The summed E-state index contributed by atoms with van der Waals surface area (Å²) in [6.45, 7) is 4.30. The van der Waals surface area contributed by atoms with Crippen LogP contribution in [0, 0.1) is 11.7 Å². The minimum atomic E-state index is -0.354. The molecule has 0 spiro atoms. The van der Waals surface area contributed by atoms with Crippen molar-refractivity contribution >= 4 is 6.03 Å². The molecule has 0 aromatic heterocycles. The topological polar surface area (TPSA) is 61.4 Å². The summed E-state index contributed by atoms with van der Waals surface area (Å²) in [6, 6.07) is 6.49. The first kappa shape index (κ1) is 17.7. The zero-order chi connectivity index (χ0) is 16.8. The normalized spacial score (nSPS) is 23.3. The van der Waals surface area contributed by atoms with E-state index in [0.717, 1.165) is 24.8 Å². The second-order valence-electron chi connectivity index (χ2n) is 6.74. The molecule has 4 unspecified atom stereocenters. The number of aliphatic hydroxyl groups is 1. The van der Waals surface area contributed by atoms with Crippen molar-refractivity contribution in [3.63, 3.8) is 0 Å². The molecule has 1 saturated carbocycles. The van der Waals surface area contributed by atoms with E-state index in [1.54, 1.807) is 6.92 Å². The largest absolute Gasteiger partial charge is 0.393 e. The molecule has 0 bridgehead atoms. The average molecular weight is 322 g/mol. The number of amides is 2. The van der Waals surface area contributed by atoms with Crippen molar-refractivity contribution in [3.05, 3.63) is 35.6 Å². The van der Waals surface area contributed by atoms with Gasteiger partial charge in [-0.3, -0.25) is 0 Å². The van der Waals surface area contributed by atoms with E-state index in [9.17, 15) is 14.3 Å². The number of nitrogens with one attached hydrogen (secondary N) is 2. The summed E-state index contributed by atoms with van der Waals surface area (Å²) < 4.78 is 13.0. The second-order valence-corrected chi connectivity index (χ2v) is 6.74. The van der Waals surface area contributed by atoms with Crippen molar-refractivity contribution in [1.29, 1.82) is 0 Å². The number of carbonyl (C=O) groups excluding carboxylic acids is 1. The monoisotopic (exact) mass is 322 g/mol. The van der Waals surface area contributed by atoms with Crippen molar-refractivity contribution in [2.45, 2.75) is 57.6 Å². The van der Waals surface area contributed by atoms with Gasteiger partial charge < -0.3 is 15.7 Å². The highest BCUT2D eigenvalue weighted by Crippen LogP contribution is 2.34. The number of benzene rings is 1. The molecular weight excluding hydrogens is 295 g/mol. The first-order valence-corrected chi connectivity index (χ1v) is 8.43. The van der Waals surface area contributed by atoms with Crippen molar-refractivity contribution in [2.75, 3.05) is 6.54 Å². The summed E-state index contributed by atoms with van der Waals surface area (Å²) in [5.41, 5.74) is 1.08. The third-order valence-electron chi connectivity index (χ3n) is 4.49. The lowest BCUT2D eigenvalue weighted by atomic mass is 9.94. The molecule has 0 aliphatic heterocycles. The molecule has 1 aromatic carbocycles. The Kier molecular flexibility index (Phi) is 6.39. The van der Waals surface area contributed by atoms with Crippen molar-refractivity contribution in [2.24, 2.45) is 5.92 Å². The Morgan fingerprint density at radius 2 is 2.00 bits per heavy atom. The molecule has 128 valence electrons. The number of hydrogen-bond donors (Lipinski definition) is 3. The number of hydrogen-bond acceptors (Lipinski definition) is 2. The highest BCUT2D eigenvalue weighted by molar-refractivity contribution is 5.74. The molecule has 0 heterocycles. The maximum atomic E-state index is 13.0. The van der Waals surface area contributed by atoms with Crippen LogP contribution >= 0.6 is 0 Å². The van der Waals surface area contributed by atoms with E-state index in [0.29, 0.717) is 13.0 Å². The van der Waals surface area contributed by atoms with Crippen LogP contribution in [0.25, 0.3) is 0 Å². The summed E-state index contributed by atoms with van der Waals surface area (Å²) in [5, 5.41) is 15.3. The summed E-state index contributed by atoms with van der Waals surface area (Å²) in [7, 11) is 0. The van der Waals surface area contributed by atoms with Gasteiger partial charge in [-0.2, -0.15) is 0 Å². The molecule has 0 saturated heterocycles. The van der Waals surface area contributed by atoms with Crippen LogP contribution < -0.4 is 10.6 Å². The molecule has 3 N–H and O–H groups in total. The minimum Gasteiger partial charge on any atom is -0.393 e. The molecule has 2 rings (SSSR count). The van der Waals surface area contributed by atoms with Gasteiger partial charge in [0.15, 0.2) is 0 Å². The Bertz CT molecular complexity index is 504. The van der Waals surface area contributed by atoms with E-state index < -0.39 is 0 Å². The minimum absolute atomic E-state index is 0.0903. The van der Waals surface area contributed by atoms with Crippen LogP contribution in [-0.4, -0.2) is 29.8 Å². The van der Waals surface area contributed by atoms with Crippen LogP contribution in [0.15, 0.2) is 24.3 Å². The van der Waals surface area contributed by atoms with E-state index in [-0.39, 0.29) is 35.8 Å². The van der Waals surface area contributed by atoms with E-state index in [1.807, 2.05) is 19.1 Å². The number of halogens is 1. The van der Waals surface area contributed by atoms with Gasteiger partial charge in [0.25, 0.3) is 0 Å². The Labute approximate surface area is 137 Å². The summed E-state index contributed by atoms with van der Waals surface area (Å²) >= 11 is 0. The average Bonchev–Trinajstić information content (AvgIpc) is 2.93. The standard InChI is InChI=1S/C18H27FN2O2/c1-12(10-13(2)22)11-20-18(23)21-17-5-3-4-16(17)14-6-8-15(19)9-7-14/h6-9,12-13,16-17,22H,3-5,10-11H2,1-2H3,(H2,20,21,23). The Balaban J connectivity index is 1.83. The van der Waals surface area contributed by atoms with Crippen LogP contribution in [-0.2, 0) is 0 Å². The number of aliphatic hydroxyl groups excluding tert-OH is 1. The van der Waals surface area contributed by atoms with Gasteiger partial charge in [0.05, 0.1) is 6.10 Å². The first-order valence-electron chi connectivity index (χ1n) is 8.43.